The molecule has 35 heavy (non-hydrogen) atoms. The number of ether oxygens (including phenoxy) is 2. The largest absolute Gasteiger partial charge is 0.493 e. The van der Waals surface area contributed by atoms with E-state index in [-0.39, 0.29) is 11.5 Å². The smallest absolute Gasteiger partial charge is 0.278 e. The second kappa shape index (κ2) is 9.49. The van der Waals surface area contributed by atoms with Crippen molar-refractivity contribution in [3.05, 3.63) is 75.7 Å². The molecule has 0 unspecified atom stereocenters. The summed E-state index contributed by atoms with van der Waals surface area (Å²) in [6, 6.07) is 15.9. The summed E-state index contributed by atoms with van der Waals surface area (Å²) in [6.07, 6.45) is 3.52. The summed E-state index contributed by atoms with van der Waals surface area (Å²) in [5.74, 6) is 1.14. The number of anilines is 1. The zero-order valence-electron chi connectivity index (χ0n) is 20.8. The van der Waals surface area contributed by atoms with E-state index >= 15 is 0 Å². The number of aromatic amines is 1. The molecule has 1 fully saturated rings. The van der Waals surface area contributed by atoms with E-state index in [2.05, 4.69) is 22.0 Å². The number of methoxy groups -OCH3 is 2. The summed E-state index contributed by atoms with van der Waals surface area (Å²) in [4.78, 5) is 19.9. The van der Waals surface area contributed by atoms with Gasteiger partial charge in [-0.1, -0.05) is 43.3 Å². The molecule has 7 heteroatoms. The van der Waals surface area contributed by atoms with E-state index in [4.69, 9.17) is 14.6 Å². The number of aryl methyl sites for hydroxylation is 1. The van der Waals surface area contributed by atoms with Gasteiger partial charge in [0.1, 0.15) is 11.4 Å². The number of fused-ring (bicyclic) bond motifs is 1. The van der Waals surface area contributed by atoms with E-state index in [1.54, 1.807) is 18.7 Å². The standard InChI is InChI=1S/C28H32N4O3/c1-18(21-13-14-22(34-3)23(17-21)35-4)24-19(2)29-27-26(31-15-9-6-10-16-31)25(30-32(27)28(24)33)20-11-7-5-8-12-20/h5,7-8,11-14,17-18,29H,6,9-10,15-16H2,1-4H3/t18-/m1/s1. The van der Waals surface area contributed by atoms with E-state index in [9.17, 15) is 4.79 Å². The van der Waals surface area contributed by atoms with Crippen molar-refractivity contribution in [1.29, 1.82) is 0 Å². The van der Waals surface area contributed by atoms with Crippen LogP contribution in [0, 0.1) is 6.92 Å². The third-order valence-electron chi connectivity index (χ3n) is 7.05. The minimum Gasteiger partial charge on any atom is -0.493 e. The lowest BCUT2D eigenvalue weighted by Gasteiger charge is -2.28. The quantitative estimate of drug-likeness (QED) is 0.420. The Balaban J connectivity index is 1.69. The van der Waals surface area contributed by atoms with Crippen LogP contribution in [-0.2, 0) is 0 Å². The second-order valence-corrected chi connectivity index (χ2v) is 9.18. The van der Waals surface area contributed by atoms with Gasteiger partial charge in [-0.15, -0.1) is 0 Å². The Bertz CT molecular complexity index is 1400. The third kappa shape index (κ3) is 4.05. The van der Waals surface area contributed by atoms with Gasteiger partial charge in [-0.25, -0.2) is 0 Å². The molecular formula is C28H32N4O3. The Morgan fingerprint density at radius 1 is 0.971 bits per heavy atom. The van der Waals surface area contributed by atoms with Gasteiger partial charge < -0.3 is 19.4 Å². The SMILES string of the molecule is COc1ccc([C@@H](C)c2c(C)[nH]c3c(N4CCCCC4)c(-c4ccccc4)nn3c2=O)cc1OC. The summed E-state index contributed by atoms with van der Waals surface area (Å²) >= 11 is 0. The molecule has 2 aromatic carbocycles. The first-order valence-corrected chi connectivity index (χ1v) is 12.2. The summed E-state index contributed by atoms with van der Waals surface area (Å²) in [6.45, 7) is 5.94. The van der Waals surface area contributed by atoms with Crippen LogP contribution in [0.3, 0.4) is 0 Å². The molecule has 3 heterocycles. The van der Waals surface area contributed by atoms with E-state index in [1.807, 2.05) is 50.2 Å². The molecule has 1 saturated heterocycles. The van der Waals surface area contributed by atoms with Gasteiger partial charge in [0.2, 0.25) is 0 Å². The lowest BCUT2D eigenvalue weighted by molar-refractivity contribution is 0.354. The number of H-pyrrole nitrogens is 1. The highest BCUT2D eigenvalue weighted by atomic mass is 16.5. The zero-order valence-corrected chi connectivity index (χ0v) is 20.8. The lowest BCUT2D eigenvalue weighted by Crippen LogP contribution is -2.30. The van der Waals surface area contributed by atoms with Gasteiger partial charge in [-0.3, -0.25) is 4.79 Å². The van der Waals surface area contributed by atoms with Crippen LogP contribution in [0.15, 0.2) is 53.3 Å². The zero-order chi connectivity index (χ0) is 24.5. The summed E-state index contributed by atoms with van der Waals surface area (Å²) < 4.78 is 12.4. The molecule has 2 aromatic heterocycles. The molecule has 1 aliphatic rings. The molecule has 0 spiro atoms. The van der Waals surface area contributed by atoms with Gasteiger partial charge in [-0.2, -0.15) is 9.61 Å². The highest BCUT2D eigenvalue weighted by Gasteiger charge is 2.26. The summed E-state index contributed by atoms with van der Waals surface area (Å²) in [5.41, 5.74) is 6.05. The van der Waals surface area contributed by atoms with Crippen LogP contribution in [0.2, 0.25) is 0 Å². The van der Waals surface area contributed by atoms with Crippen molar-refractivity contribution in [2.45, 2.75) is 39.0 Å². The molecule has 0 bridgehead atoms. The van der Waals surface area contributed by atoms with E-state index in [0.29, 0.717) is 17.1 Å². The molecular weight excluding hydrogens is 440 g/mol. The Labute approximate surface area is 205 Å². The topological polar surface area (TPSA) is 71.9 Å². The van der Waals surface area contributed by atoms with E-state index < -0.39 is 0 Å². The fraction of sp³-hybridized carbons (Fsp3) is 0.357. The first kappa shape index (κ1) is 23.0. The number of rotatable bonds is 6. The number of aromatic nitrogens is 3. The number of benzene rings is 2. The van der Waals surface area contributed by atoms with Crippen LogP contribution in [0.1, 0.15) is 48.9 Å². The van der Waals surface area contributed by atoms with Crippen molar-refractivity contribution in [2.24, 2.45) is 0 Å². The number of nitrogens with zero attached hydrogens (tertiary/aromatic N) is 3. The fourth-order valence-corrected chi connectivity index (χ4v) is 5.19. The maximum Gasteiger partial charge on any atom is 0.278 e. The highest BCUT2D eigenvalue weighted by Crippen LogP contribution is 2.36. The van der Waals surface area contributed by atoms with Crippen molar-refractivity contribution < 1.29 is 9.47 Å². The number of piperidine rings is 1. The van der Waals surface area contributed by atoms with Crippen LogP contribution in [-0.4, -0.2) is 41.9 Å². The van der Waals surface area contributed by atoms with Gasteiger partial charge in [0.25, 0.3) is 5.56 Å². The molecule has 1 N–H and O–H groups in total. The maximum absolute atomic E-state index is 13.9. The number of nitrogens with one attached hydrogen (secondary N) is 1. The fourth-order valence-electron chi connectivity index (χ4n) is 5.19. The number of hydrogen-bond donors (Lipinski definition) is 1. The normalized spacial score (nSPS) is 14.8. The highest BCUT2D eigenvalue weighted by molar-refractivity contribution is 5.86. The molecule has 1 atom stereocenters. The predicted molar refractivity (Wildman–Crippen MR) is 139 cm³/mol. The molecule has 0 aliphatic carbocycles. The summed E-state index contributed by atoms with van der Waals surface area (Å²) in [5, 5.41) is 4.88. The summed E-state index contributed by atoms with van der Waals surface area (Å²) in [7, 11) is 3.24. The molecule has 5 rings (SSSR count). The first-order valence-electron chi connectivity index (χ1n) is 12.2. The van der Waals surface area contributed by atoms with Crippen LogP contribution < -0.4 is 19.9 Å². The van der Waals surface area contributed by atoms with Crippen molar-refractivity contribution >= 4 is 11.3 Å². The number of hydrogen-bond acceptors (Lipinski definition) is 5. The van der Waals surface area contributed by atoms with E-state index in [1.165, 1.54) is 6.42 Å². The molecule has 7 nitrogen and oxygen atoms in total. The maximum atomic E-state index is 13.9. The monoisotopic (exact) mass is 472 g/mol. The molecule has 0 radical (unpaired) electrons. The Morgan fingerprint density at radius 3 is 2.37 bits per heavy atom. The third-order valence-corrected chi connectivity index (χ3v) is 7.05. The van der Waals surface area contributed by atoms with Gasteiger partial charge >= 0.3 is 0 Å². The van der Waals surface area contributed by atoms with E-state index in [0.717, 1.165) is 59.8 Å². The van der Waals surface area contributed by atoms with Crippen molar-refractivity contribution in [2.75, 3.05) is 32.2 Å². The van der Waals surface area contributed by atoms with Gasteiger partial charge in [0.15, 0.2) is 17.1 Å². The average molecular weight is 473 g/mol. The molecule has 0 saturated carbocycles. The average Bonchev–Trinajstić information content (AvgIpc) is 3.28. The molecule has 182 valence electrons. The van der Waals surface area contributed by atoms with Crippen LogP contribution >= 0.6 is 0 Å². The Morgan fingerprint density at radius 2 is 1.69 bits per heavy atom. The first-order chi connectivity index (χ1) is 17.0. The van der Waals surface area contributed by atoms with Crippen molar-refractivity contribution in [1.82, 2.24) is 14.6 Å². The van der Waals surface area contributed by atoms with Crippen molar-refractivity contribution in [3.63, 3.8) is 0 Å². The molecule has 0 amide bonds. The Kier molecular flexibility index (Phi) is 6.24. The minimum atomic E-state index is -0.161. The molecule has 4 aromatic rings. The van der Waals surface area contributed by atoms with Crippen LogP contribution in [0.5, 0.6) is 11.5 Å². The predicted octanol–water partition coefficient (Wildman–Crippen LogP) is 5.16. The van der Waals surface area contributed by atoms with Gasteiger partial charge in [0.05, 0.1) is 14.2 Å². The second-order valence-electron chi connectivity index (χ2n) is 9.18. The van der Waals surface area contributed by atoms with Crippen LogP contribution in [0.25, 0.3) is 16.9 Å². The van der Waals surface area contributed by atoms with Gasteiger partial charge in [-0.05, 0) is 43.9 Å². The lowest BCUT2D eigenvalue weighted by atomic mass is 9.92. The minimum absolute atomic E-state index is 0.0982. The van der Waals surface area contributed by atoms with Crippen LogP contribution in [0.4, 0.5) is 5.69 Å². The molecule has 1 aliphatic heterocycles. The Hall–Kier alpha value is -3.74. The van der Waals surface area contributed by atoms with Gasteiger partial charge in [0, 0.05) is 35.8 Å². The van der Waals surface area contributed by atoms with Crippen molar-refractivity contribution in [3.8, 4) is 22.8 Å².